The first-order valence-corrected chi connectivity index (χ1v) is 9.44. The predicted octanol–water partition coefficient (Wildman–Crippen LogP) is 1.54. The minimum atomic E-state index is -3.21. The number of ether oxygens (including phenoxy) is 3. The van der Waals surface area contributed by atoms with E-state index in [-0.39, 0.29) is 5.92 Å². The van der Waals surface area contributed by atoms with Gasteiger partial charge in [0.15, 0.2) is 9.84 Å². The van der Waals surface area contributed by atoms with Crippen molar-refractivity contribution >= 4 is 9.84 Å². The zero-order chi connectivity index (χ0) is 17.2. The molecule has 2 atom stereocenters. The van der Waals surface area contributed by atoms with Gasteiger partial charge in [0.1, 0.15) is 17.2 Å². The monoisotopic (exact) mass is 343 g/mol. The normalized spacial score (nSPS) is 22.7. The fourth-order valence-corrected chi connectivity index (χ4v) is 4.63. The van der Waals surface area contributed by atoms with Crippen LogP contribution in [0.4, 0.5) is 0 Å². The van der Waals surface area contributed by atoms with Crippen LogP contribution in [0.5, 0.6) is 17.2 Å². The second-order valence-electron chi connectivity index (χ2n) is 5.97. The first-order valence-electron chi connectivity index (χ1n) is 7.49. The summed E-state index contributed by atoms with van der Waals surface area (Å²) in [6, 6.07) is 3.55. The summed E-state index contributed by atoms with van der Waals surface area (Å²) in [4.78, 5) is 2.05. The van der Waals surface area contributed by atoms with Gasteiger partial charge in [-0.25, -0.2) is 8.42 Å². The highest BCUT2D eigenvalue weighted by Gasteiger charge is 2.39. The van der Waals surface area contributed by atoms with E-state index in [1.54, 1.807) is 33.5 Å². The van der Waals surface area contributed by atoms with Crippen LogP contribution >= 0.6 is 0 Å². The van der Waals surface area contributed by atoms with E-state index < -0.39 is 15.1 Å². The Morgan fingerprint density at radius 2 is 1.65 bits per heavy atom. The van der Waals surface area contributed by atoms with Crippen molar-refractivity contribution in [3.05, 3.63) is 17.7 Å². The van der Waals surface area contributed by atoms with Crippen molar-refractivity contribution in [3.8, 4) is 17.2 Å². The Morgan fingerprint density at radius 3 is 2.09 bits per heavy atom. The molecule has 0 spiro atoms. The molecule has 1 aliphatic rings. The van der Waals surface area contributed by atoms with Crippen molar-refractivity contribution < 1.29 is 22.6 Å². The fourth-order valence-electron chi connectivity index (χ4n) is 3.23. The second-order valence-corrected chi connectivity index (χ2v) is 8.24. The molecule has 0 saturated carbocycles. The lowest BCUT2D eigenvalue weighted by molar-refractivity contribution is 0.250. The Kier molecular flexibility index (Phi) is 5.41. The van der Waals surface area contributed by atoms with Crippen molar-refractivity contribution in [2.75, 3.05) is 47.7 Å². The Bertz CT molecular complexity index is 633. The van der Waals surface area contributed by atoms with Crippen molar-refractivity contribution in [1.29, 1.82) is 0 Å². The van der Waals surface area contributed by atoms with Gasteiger partial charge in [-0.15, -0.1) is 0 Å². The van der Waals surface area contributed by atoms with Crippen LogP contribution in [0.1, 0.15) is 17.9 Å². The molecule has 0 aromatic heterocycles. The molecule has 1 aromatic carbocycles. The van der Waals surface area contributed by atoms with Crippen LogP contribution in [-0.4, -0.2) is 66.3 Å². The van der Waals surface area contributed by atoms with E-state index in [4.69, 9.17) is 14.2 Å². The maximum atomic E-state index is 12.3. The summed E-state index contributed by atoms with van der Waals surface area (Å²) < 4.78 is 40.9. The lowest BCUT2D eigenvalue weighted by Gasteiger charge is -2.37. The Hall–Kier alpha value is -1.47. The summed E-state index contributed by atoms with van der Waals surface area (Å²) in [6.07, 6.45) is 2.03. The molecule has 0 radical (unpaired) electrons. The molecule has 0 aliphatic carbocycles. The largest absolute Gasteiger partial charge is 0.496 e. The summed E-state index contributed by atoms with van der Waals surface area (Å²) in [5.41, 5.74) is 0.805. The van der Waals surface area contributed by atoms with Gasteiger partial charge in [0.05, 0.1) is 26.6 Å². The summed E-state index contributed by atoms with van der Waals surface area (Å²) in [6.45, 7) is 1.33. The molecule has 23 heavy (non-hydrogen) atoms. The summed E-state index contributed by atoms with van der Waals surface area (Å²) in [5, 5.41) is -0.488. The molecule has 2 unspecified atom stereocenters. The first kappa shape index (κ1) is 17.9. The Balaban J connectivity index is 2.58. The minimum absolute atomic E-state index is 0.169. The Labute approximate surface area is 138 Å². The zero-order valence-corrected chi connectivity index (χ0v) is 15.1. The zero-order valence-electron chi connectivity index (χ0n) is 14.3. The average molecular weight is 343 g/mol. The van der Waals surface area contributed by atoms with Gasteiger partial charge in [0, 0.05) is 36.4 Å². The van der Waals surface area contributed by atoms with Crippen molar-refractivity contribution in [2.24, 2.45) is 0 Å². The Morgan fingerprint density at radius 1 is 1.09 bits per heavy atom. The first-order chi connectivity index (χ1) is 10.8. The quantitative estimate of drug-likeness (QED) is 0.808. The SMILES string of the molecule is COc1cc(OC)c(C2CCN(C)CC2S(C)(=O)=O)c(OC)c1. The van der Waals surface area contributed by atoms with Gasteiger partial charge in [0.2, 0.25) is 0 Å². The van der Waals surface area contributed by atoms with Gasteiger partial charge in [0.25, 0.3) is 0 Å². The highest BCUT2D eigenvalue weighted by atomic mass is 32.2. The number of hydrogen-bond acceptors (Lipinski definition) is 6. The van der Waals surface area contributed by atoms with Gasteiger partial charge < -0.3 is 19.1 Å². The van der Waals surface area contributed by atoms with Crippen LogP contribution < -0.4 is 14.2 Å². The molecule has 1 fully saturated rings. The molecule has 1 aromatic rings. The number of benzene rings is 1. The molecule has 1 aliphatic heterocycles. The van der Waals surface area contributed by atoms with E-state index in [0.717, 1.165) is 18.5 Å². The maximum absolute atomic E-state index is 12.3. The molecule has 0 N–H and O–H groups in total. The second kappa shape index (κ2) is 6.97. The number of hydrogen-bond donors (Lipinski definition) is 0. The van der Waals surface area contributed by atoms with Crippen LogP contribution in [0, 0.1) is 0 Å². The smallest absolute Gasteiger partial charge is 0.152 e. The highest BCUT2D eigenvalue weighted by molar-refractivity contribution is 7.91. The van der Waals surface area contributed by atoms with Crippen molar-refractivity contribution in [2.45, 2.75) is 17.6 Å². The molecule has 6 nitrogen and oxygen atoms in total. The third-order valence-corrected chi connectivity index (χ3v) is 6.01. The molecular weight excluding hydrogens is 318 g/mol. The van der Waals surface area contributed by atoms with Crippen LogP contribution in [-0.2, 0) is 9.84 Å². The number of piperidine rings is 1. The van der Waals surface area contributed by atoms with Gasteiger partial charge in [-0.3, -0.25) is 0 Å². The third-order valence-electron chi connectivity index (χ3n) is 4.44. The standard InChI is InChI=1S/C16H25NO5S/c1-17-7-6-12(15(10-17)23(5,18)19)16-13(21-3)8-11(20-2)9-14(16)22-4/h8-9,12,15H,6-7,10H2,1-5H3. The molecule has 7 heteroatoms. The van der Waals surface area contributed by atoms with E-state index in [0.29, 0.717) is 23.8 Å². The number of methoxy groups -OCH3 is 3. The lowest BCUT2D eigenvalue weighted by atomic mass is 9.87. The van der Waals surface area contributed by atoms with Crippen LogP contribution in [0.3, 0.4) is 0 Å². The molecular formula is C16H25NO5S. The van der Waals surface area contributed by atoms with Crippen LogP contribution in [0.2, 0.25) is 0 Å². The van der Waals surface area contributed by atoms with Gasteiger partial charge in [-0.2, -0.15) is 0 Å². The molecule has 130 valence electrons. The van der Waals surface area contributed by atoms with Crippen molar-refractivity contribution in [3.63, 3.8) is 0 Å². The van der Waals surface area contributed by atoms with Gasteiger partial charge in [-0.05, 0) is 20.0 Å². The minimum Gasteiger partial charge on any atom is -0.496 e. The van der Waals surface area contributed by atoms with Gasteiger partial charge >= 0.3 is 0 Å². The van der Waals surface area contributed by atoms with E-state index >= 15 is 0 Å². The van der Waals surface area contributed by atoms with E-state index in [2.05, 4.69) is 0 Å². The van der Waals surface area contributed by atoms with E-state index in [1.807, 2.05) is 11.9 Å². The molecule has 2 rings (SSSR count). The number of rotatable bonds is 5. The lowest BCUT2D eigenvalue weighted by Crippen LogP contribution is -2.44. The highest BCUT2D eigenvalue weighted by Crippen LogP contribution is 2.44. The number of nitrogens with zero attached hydrogens (tertiary/aromatic N) is 1. The molecule has 1 saturated heterocycles. The third kappa shape index (κ3) is 3.72. The fraction of sp³-hybridized carbons (Fsp3) is 0.625. The molecule has 0 bridgehead atoms. The number of sulfone groups is 1. The van der Waals surface area contributed by atoms with E-state index in [1.165, 1.54) is 6.26 Å². The summed E-state index contributed by atoms with van der Waals surface area (Å²) in [7, 11) is 3.45. The summed E-state index contributed by atoms with van der Waals surface area (Å²) >= 11 is 0. The predicted molar refractivity (Wildman–Crippen MR) is 89.6 cm³/mol. The summed E-state index contributed by atoms with van der Waals surface area (Å²) in [5.74, 6) is 1.65. The van der Waals surface area contributed by atoms with Crippen molar-refractivity contribution in [1.82, 2.24) is 4.90 Å². The number of likely N-dealkylation sites (tertiary alicyclic amines) is 1. The maximum Gasteiger partial charge on any atom is 0.152 e. The molecule has 1 heterocycles. The van der Waals surface area contributed by atoms with Crippen LogP contribution in [0.15, 0.2) is 12.1 Å². The van der Waals surface area contributed by atoms with E-state index in [9.17, 15) is 8.42 Å². The average Bonchev–Trinajstić information content (AvgIpc) is 2.52. The topological polar surface area (TPSA) is 65.1 Å². The van der Waals surface area contributed by atoms with Gasteiger partial charge in [-0.1, -0.05) is 0 Å². The molecule has 0 amide bonds. The van der Waals surface area contributed by atoms with Crippen LogP contribution in [0.25, 0.3) is 0 Å².